The van der Waals surface area contributed by atoms with Gasteiger partial charge in [0.1, 0.15) is 11.9 Å². The number of ether oxygens (including phenoxy) is 1. The molecule has 0 amide bonds. The second-order valence-corrected chi connectivity index (χ2v) is 3.15. The van der Waals surface area contributed by atoms with Crippen LogP contribution in [0.3, 0.4) is 0 Å². The molecule has 1 aromatic rings. The Morgan fingerprint density at radius 2 is 1.91 bits per heavy atom. The molecule has 1 heterocycles. The van der Waals surface area contributed by atoms with Gasteiger partial charge in [0.25, 0.3) is 0 Å². The maximum absolute atomic E-state index is 5.62. The SMILES string of the molecule is C[C@@H]1c2ccccc2O[C@@H]1C. The van der Waals surface area contributed by atoms with Crippen LogP contribution in [0, 0.1) is 0 Å². The van der Waals surface area contributed by atoms with Gasteiger partial charge in [-0.3, -0.25) is 0 Å². The predicted octanol–water partition coefficient (Wildman–Crippen LogP) is 2.57. The summed E-state index contributed by atoms with van der Waals surface area (Å²) < 4.78 is 5.62. The van der Waals surface area contributed by atoms with Crippen molar-refractivity contribution in [2.24, 2.45) is 0 Å². The van der Waals surface area contributed by atoms with Crippen LogP contribution in [-0.4, -0.2) is 6.10 Å². The molecule has 2 rings (SSSR count). The third-order valence-electron chi connectivity index (χ3n) is 2.43. The highest BCUT2D eigenvalue weighted by molar-refractivity contribution is 5.40. The van der Waals surface area contributed by atoms with Gasteiger partial charge in [0.05, 0.1) is 0 Å². The molecular formula is C10H12O. The maximum atomic E-state index is 5.62. The molecule has 1 nitrogen and oxygen atoms in total. The molecular weight excluding hydrogens is 136 g/mol. The van der Waals surface area contributed by atoms with E-state index in [0.717, 1.165) is 5.75 Å². The Hall–Kier alpha value is -0.980. The van der Waals surface area contributed by atoms with Gasteiger partial charge < -0.3 is 4.74 Å². The van der Waals surface area contributed by atoms with Gasteiger partial charge in [0.15, 0.2) is 0 Å². The minimum Gasteiger partial charge on any atom is -0.490 e. The van der Waals surface area contributed by atoms with Crippen molar-refractivity contribution in [3.05, 3.63) is 29.8 Å². The third-order valence-corrected chi connectivity index (χ3v) is 2.43. The maximum Gasteiger partial charge on any atom is 0.123 e. The summed E-state index contributed by atoms with van der Waals surface area (Å²) in [7, 11) is 0. The smallest absolute Gasteiger partial charge is 0.123 e. The lowest BCUT2D eigenvalue weighted by Gasteiger charge is -2.06. The molecule has 0 radical (unpaired) electrons. The molecule has 0 unspecified atom stereocenters. The van der Waals surface area contributed by atoms with Gasteiger partial charge in [-0.2, -0.15) is 0 Å². The van der Waals surface area contributed by atoms with Crippen molar-refractivity contribution in [2.75, 3.05) is 0 Å². The van der Waals surface area contributed by atoms with Crippen LogP contribution in [0.15, 0.2) is 24.3 Å². The molecule has 0 saturated carbocycles. The molecule has 1 aliphatic rings. The van der Waals surface area contributed by atoms with E-state index in [-0.39, 0.29) is 0 Å². The molecule has 0 spiro atoms. The highest BCUT2D eigenvalue weighted by atomic mass is 16.5. The van der Waals surface area contributed by atoms with Crippen LogP contribution in [0.4, 0.5) is 0 Å². The molecule has 1 heteroatoms. The summed E-state index contributed by atoms with van der Waals surface area (Å²) in [6.07, 6.45) is 0.340. The molecule has 0 bridgehead atoms. The first-order valence-corrected chi connectivity index (χ1v) is 4.04. The van der Waals surface area contributed by atoms with E-state index in [9.17, 15) is 0 Å². The summed E-state index contributed by atoms with van der Waals surface area (Å²) in [5, 5.41) is 0. The van der Waals surface area contributed by atoms with Crippen molar-refractivity contribution in [3.63, 3.8) is 0 Å². The van der Waals surface area contributed by atoms with E-state index in [1.54, 1.807) is 0 Å². The average molecular weight is 148 g/mol. The summed E-state index contributed by atoms with van der Waals surface area (Å²) in [4.78, 5) is 0. The van der Waals surface area contributed by atoms with Gasteiger partial charge in [0.2, 0.25) is 0 Å². The predicted molar refractivity (Wildman–Crippen MR) is 44.9 cm³/mol. The van der Waals surface area contributed by atoms with Crippen molar-refractivity contribution in [2.45, 2.75) is 25.9 Å². The van der Waals surface area contributed by atoms with E-state index in [1.807, 2.05) is 12.1 Å². The van der Waals surface area contributed by atoms with Crippen LogP contribution in [0.2, 0.25) is 0 Å². The molecule has 1 aliphatic heterocycles. The summed E-state index contributed by atoms with van der Waals surface area (Å²) in [5.41, 5.74) is 1.35. The van der Waals surface area contributed by atoms with Crippen LogP contribution in [0.25, 0.3) is 0 Å². The van der Waals surface area contributed by atoms with Crippen LogP contribution >= 0.6 is 0 Å². The summed E-state index contributed by atoms with van der Waals surface area (Å²) in [6, 6.07) is 8.26. The van der Waals surface area contributed by atoms with E-state index >= 15 is 0 Å². The summed E-state index contributed by atoms with van der Waals surface area (Å²) in [6.45, 7) is 4.32. The Kier molecular flexibility index (Phi) is 1.38. The van der Waals surface area contributed by atoms with Crippen molar-refractivity contribution in [1.82, 2.24) is 0 Å². The Balaban J connectivity index is 2.47. The highest BCUT2D eigenvalue weighted by Crippen LogP contribution is 2.36. The van der Waals surface area contributed by atoms with Crippen molar-refractivity contribution < 1.29 is 4.74 Å². The van der Waals surface area contributed by atoms with Gasteiger partial charge in [-0.25, -0.2) is 0 Å². The Labute approximate surface area is 67.0 Å². The van der Waals surface area contributed by atoms with Crippen molar-refractivity contribution >= 4 is 0 Å². The first-order chi connectivity index (χ1) is 5.29. The standard InChI is InChI=1S/C10H12O/c1-7-8(2)11-10-6-4-3-5-9(7)10/h3-8H,1-2H3/t7-,8+/m0/s1. The van der Waals surface area contributed by atoms with Gasteiger partial charge in [-0.05, 0) is 13.0 Å². The normalized spacial score (nSPS) is 27.8. The summed E-state index contributed by atoms with van der Waals surface area (Å²) >= 11 is 0. The topological polar surface area (TPSA) is 9.23 Å². The lowest BCUT2D eigenvalue weighted by Crippen LogP contribution is -2.10. The van der Waals surface area contributed by atoms with E-state index in [1.165, 1.54) is 5.56 Å². The fraction of sp³-hybridized carbons (Fsp3) is 0.400. The largest absolute Gasteiger partial charge is 0.490 e. The first kappa shape index (κ1) is 6.71. The Bertz CT molecular complexity index is 267. The van der Waals surface area contributed by atoms with Crippen LogP contribution in [0.5, 0.6) is 5.75 Å². The Morgan fingerprint density at radius 3 is 2.64 bits per heavy atom. The number of para-hydroxylation sites is 1. The van der Waals surface area contributed by atoms with Gasteiger partial charge in [-0.15, -0.1) is 0 Å². The lowest BCUT2D eigenvalue weighted by atomic mass is 9.99. The van der Waals surface area contributed by atoms with Gasteiger partial charge >= 0.3 is 0 Å². The number of fused-ring (bicyclic) bond motifs is 1. The first-order valence-electron chi connectivity index (χ1n) is 4.04. The molecule has 11 heavy (non-hydrogen) atoms. The van der Waals surface area contributed by atoms with Crippen LogP contribution < -0.4 is 4.74 Å². The third kappa shape index (κ3) is 0.917. The van der Waals surface area contributed by atoms with Gasteiger partial charge in [-0.1, -0.05) is 25.1 Å². The van der Waals surface area contributed by atoms with E-state index in [4.69, 9.17) is 4.74 Å². The fourth-order valence-corrected chi connectivity index (χ4v) is 1.52. The second-order valence-electron chi connectivity index (χ2n) is 3.15. The zero-order valence-electron chi connectivity index (χ0n) is 6.87. The minimum absolute atomic E-state index is 0.340. The van der Waals surface area contributed by atoms with E-state index < -0.39 is 0 Å². The molecule has 0 aromatic heterocycles. The van der Waals surface area contributed by atoms with Gasteiger partial charge in [0, 0.05) is 11.5 Å². The lowest BCUT2D eigenvalue weighted by molar-refractivity contribution is 0.232. The van der Waals surface area contributed by atoms with Crippen LogP contribution in [-0.2, 0) is 0 Å². The quantitative estimate of drug-likeness (QED) is 0.549. The zero-order chi connectivity index (χ0) is 7.84. The number of benzene rings is 1. The molecule has 0 aliphatic carbocycles. The molecule has 0 N–H and O–H groups in total. The molecule has 58 valence electrons. The van der Waals surface area contributed by atoms with E-state index in [0.29, 0.717) is 12.0 Å². The Morgan fingerprint density at radius 1 is 1.18 bits per heavy atom. The van der Waals surface area contributed by atoms with Crippen molar-refractivity contribution in [1.29, 1.82) is 0 Å². The second kappa shape index (κ2) is 2.26. The molecule has 0 saturated heterocycles. The van der Waals surface area contributed by atoms with Crippen molar-refractivity contribution in [3.8, 4) is 5.75 Å². The average Bonchev–Trinajstić information content (AvgIpc) is 2.30. The minimum atomic E-state index is 0.340. The van der Waals surface area contributed by atoms with Crippen LogP contribution in [0.1, 0.15) is 25.3 Å². The zero-order valence-corrected chi connectivity index (χ0v) is 6.87. The molecule has 1 aromatic carbocycles. The highest BCUT2D eigenvalue weighted by Gasteiger charge is 2.26. The molecule has 0 fully saturated rings. The fourth-order valence-electron chi connectivity index (χ4n) is 1.52. The summed E-state index contributed by atoms with van der Waals surface area (Å²) in [5.74, 6) is 1.61. The number of rotatable bonds is 0. The number of hydrogen-bond donors (Lipinski definition) is 0. The molecule has 2 atom stereocenters. The number of hydrogen-bond acceptors (Lipinski definition) is 1. The monoisotopic (exact) mass is 148 g/mol. The van der Waals surface area contributed by atoms with E-state index in [2.05, 4.69) is 26.0 Å².